The summed E-state index contributed by atoms with van der Waals surface area (Å²) in [7, 11) is 0. The number of ether oxygens (including phenoxy) is 1. The van der Waals surface area contributed by atoms with E-state index in [1.54, 1.807) is 6.07 Å². The number of alkyl halides is 1. The van der Waals surface area contributed by atoms with E-state index in [2.05, 4.69) is 4.99 Å². The smallest absolute Gasteiger partial charge is 0.283 e. The summed E-state index contributed by atoms with van der Waals surface area (Å²) in [5.74, 6) is -0.714. The van der Waals surface area contributed by atoms with E-state index in [1.807, 2.05) is 0 Å². The highest BCUT2D eigenvalue weighted by atomic mass is 35.5. The van der Waals surface area contributed by atoms with Crippen molar-refractivity contribution in [1.29, 1.82) is 0 Å². The molecule has 1 aliphatic carbocycles. The quantitative estimate of drug-likeness (QED) is 0.898. The Bertz CT molecular complexity index is 537. The molecule has 0 radical (unpaired) electrons. The minimum absolute atomic E-state index is 0.0632. The lowest BCUT2D eigenvalue weighted by Gasteiger charge is -2.31. The molecule has 1 aromatic rings. The average molecular weight is 273 g/mol. The number of hydrogen-bond acceptors (Lipinski definition) is 3. The highest BCUT2D eigenvalue weighted by molar-refractivity contribution is 6.31. The fraction of sp³-hybridized carbons (Fsp3) is 0.417. The van der Waals surface area contributed by atoms with Crippen LogP contribution < -0.4 is 5.73 Å². The first-order valence-corrected chi connectivity index (χ1v) is 5.98. The first-order valence-electron chi connectivity index (χ1n) is 5.61. The Balaban J connectivity index is 2.17. The Morgan fingerprint density at radius 2 is 2.33 bits per heavy atom. The van der Waals surface area contributed by atoms with Gasteiger partial charge in [-0.3, -0.25) is 0 Å². The lowest BCUT2D eigenvalue weighted by molar-refractivity contribution is 0.170. The molecule has 1 heterocycles. The maximum Gasteiger partial charge on any atom is 0.283 e. The summed E-state index contributed by atoms with van der Waals surface area (Å²) in [4.78, 5) is 4.07. The molecule has 0 bridgehead atoms. The molecule has 0 amide bonds. The van der Waals surface area contributed by atoms with Crippen LogP contribution in [0.4, 0.5) is 8.78 Å². The van der Waals surface area contributed by atoms with Crippen molar-refractivity contribution in [1.82, 2.24) is 0 Å². The summed E-state index contributed by atoms with van der Waals surface area (Å²) >= 11 is 5.93. The van der Waals surface area contributed by atoms with E-state index in [-0.39, 0.29) is 23.1 Å². The third kappa shape index (κ3) is 1.50. The van der Waals surface area contributed by atoms with E-state index in [0.717, 1.165) is 0 Å². The molecule has 0 spiro atoms. The molecule has 1 unspecified atom stereocenters. The molecule has 6 heteroatoms. The van der Waals surface area contributed by atoms with Gasteiger partial charge in [-0.15, -0.1) is 0 Å². The Kier molecular flexibility index (Phi) is 2.48. The molecule has 1 aliphatic heterocycles. The van der Waals surface area contributed by atoms with Gasteiger partial charge in [0.1, 0.15) is 24.1 Å². The van der Waals surface area contributed by atoms with Gasteiger partial charge in [0.2, 0.25) is 0 Å². The lowest BCUT2D eigenvalue weighted by atomic mass is 9.86. The molecular formula is C12H11ClF2N2O. The van der Waals surface area contributed by atoms with Crippen molar-refractivity contribution in [3.8, 4) is 0 Å². The molecular weight excluding hydrogens is 262 g/mol. The van der Waals surface area contributed by atoms with Gasteiger partial charge in [0.15, 0.2) is 0 Å². The number of hydrogen-bond donors (Lipinski definition) is 1. The summed E-state index contributed by atoms with van der Waals surface area (Å²) in [5.41, 5.74) is 4.69. The maximum absolute atomic E-state index is 13.6. The molecule has 18 heavy (non-hydrogen) atoms. The number of fused-ring (bicyclic) bond motifs is 1. The van der Waals surface area contributed by atoms with Gasteiger partial charge in [0, 0.05) is 11.5 Å². The fourth-order valence-electron chi connectivity index (χ4n) is 2.56. The third-order valence-electron chi connectivity index (χ3n) is 3.55. The van der Waals surface area contributed by atoms with Gasteiger partial charge in [-0.05, 0) is 12.5 Å². The Morgan fingerprint density at radius 1 is 1.56 bits per heavy atom. The second-order valence-corrected chi connectivity index (χ2v) is 4.99. The fourth-order valence-corrected chi connectivity index (χ4v) is 2.85. The van der Waals surface area contributed by atoms with E-state index >= 15 is 0 Å². The van der Waals surface area contributed by atoms with Crippen LogP contribution in [0, 0.1) is 11.7 Å². The first kappa shape index (κ1) is 11.7. The van der Waals surface area contributed by atoms with Crippen molar-refractivity contribution in [3.05, 3.63) is 34.6 Å². The van der Waals surface area contributed by atoms with Gasteiger partial charge in [0.25, 0.3) is 6.02 Å². The summed E-state index contributed by atoms with van der Waals surface area (Å²) < 4.78 is 32.3. The summed E-state index contributed by atoms with van der Waals surface area (Å²) in [6.45, 7) is -0.776. The molecule has 3 rings (SSSR count). The third-order valence-corrected chi connectivity index (χ3v) is 3.93. The van der Waals surface area contributed by atoms with Crippen LogP contribution in [-0.4, -0.2) is 18.8 Å². The van der Waals surface area contributed by atoms with Gasteiger partial charge in [-0.1, -0.05) is 23.7 Å². The zero-order chi connectivity index (χ0) is 12.9. The maximum atomic E-state index is 13.6. The van der Waals surface area contributed by atoms with Crippen LogP contribution in [0.1, 0.15) is 12.0 Å². The van der Waals surface area contributed by atoms with Crippen molar-refractivity contribution < 1.29 is 13.5 Å². The Hall–Kier alpha value is -1.36. The Labute approximate surface area is 108 Å². The van der Waals surface area contributed by atoms with Crippen LogP contribution in [0.5, 0.6) is 0 Å². The van der Waals surface area contributed by atoms with Crippen LogP contribution in [0.25, 0.3) is 0 Å². The second-order valence-electron chi connectivity index (χ2n) is 4.61. The zero-order valence-corrected chi connectivity index (χ0v) is 10.1. The SMILES string of the molecule is NC1=N[C@](CF)(c2cccc(F)c2Cl)C2C[C@H]2O1. The standard InChI is InChI=1S/C12H11ClF2N2O/c13-10-6(2-1-3-8(10)15)12(5-14)7-4-9(7)18-11(16)17-12/h1-3,7,9H,4-5H2,(H2,16,17)/t7?,9-,12-/m1/s1. The van der Waals surface area contributed by atoms with Gasteiger partial charge < -0.3 is 10.5 Å². The molecule has 96 valence electrons. The number of halogens is 3. The Morgan fingerprint density at radius 3 is 3.06 bits per heavy atom. The van der Waals surface area contributed by atoms with Crippen LogP contribution in [0.2, 0.25) is 5.02 Å². The molecule has 1 fully saturated rings. The van der Waals surface area contributed by atoms with Crippen LogP contribution in [-0.2, 0) is 10.3 Å². The molecule has 2 N–H and O–H groups in total. The van der Waals surface area contributed by atoms with E-state index < -0.39 is 18.0 Å². The lowest BCUT2D eigenvalue weighted by Crippen LogP contribution is -2.39. The van der Waals surface area contributed by atoms with Crippen molar-refractivity contribution in [2.75, 3.05) is 6.67 Å². The van der Waals surface area contributed by atoms with Crippen molar-refractivity contribution in [3.63, 3.8) is 0 Å². The van der Waals surface area contributed by atoms with Gasteiger partial charge in [-0.2, -0.15) is 0 Å². The second kappa shape index (κ2) is 3.82. The average Bonchev–Trinajstić information content (AvgIpc) is 3.11. The largest absolute Gasteiger partial charge is 0.462 e. The molecule has 1 aromatic carbocycles. The highest BCUT2D eigenvalue weighted by Gasteiger charge is 2.59. The monoisotopic (exact) mass is 272 g/mol. The summed E-state index contributed by atoms with van der Waals surface area (Å²) in [6.07, 6.45) is 0.513. The first-order chi connectivity index (χ1) is 8.58. The molecule has 0 saturated heterocycles. The van der Waals surface area contributed by atoms with Gasteiger partial charge >= 0.3 is 0 Å². The van der Waals surface area contributed by atoms with Gasteiger partial charge in [0.05, 0.1) is 5.02 Å². The van der Waals surface area contributed by atoms with Crippen LogP contribution >= 0.6 is 11.6 Å². The molecule has 2 aliphatic rings. The van der Waals surface area contributed by atoms with E-state index in [9.17, 15) is 8.78 Å². The topological polar surface area (TPSA) is 47.6 Å². The predicted octanol–water partition coefficient (Wildman–Crippen LogP) is 2.38. The number of benzene rings is 1. The number of aliphatic imine (C=N–C) groups is 1. The van der Waals surface area contributed by atoms with E-state index in [0.29, 0.717) is 12.0 Å². The van der Waals surface area contributed by atoms with E-state index in [4.69, 9.17) is 22.1 Å². The van der Waals surface area contributed by atoms with Crippen molar-refractivity contribution in [2.24, 2.45) is 16.6 Å². The summed E-state index contributed by atoms with van der Waals surface area (Å²) in [6, 6.07) is 4.25. The normalized spacial score (nSPS) is 33.4. The highest BCUT2D eigenvalue weighted by Crippen LogP contribution is 2.54. The minimum Gasteiger partial charge on any atom is -0.462 e. The molecule has 1 saturated carbocycles. The van der Waals surface area contributed by atoms with Crippen molar-refractivity contribution in [2.45, 2.75) is 18.1 Å². The summed E-state index contributed by atoms with van der Waals surface area (Å²) in [5, 5.41) is -0.0979. The molecule has 3 atom stereocenters. The molecule has 0 aromatic heterocycles. The number of rotatable bonds is 2. The van der Waals surface area contributed by atoms with Gasteiger partial charge in [-0.25, -0.2) is 13.8 Å². The molecule has 3 nitrogen and oxygen atoms in total. The van der Waals surface area contributed by atoms with E-state index in [1.165, 1.54) is 12.1 Å². The predicted molar refractivity (Wildman–Crippen MR) is 63.7 cm³/mol. The number of nitrogens with two attached hydrogens (primary N) is 1. The number of nitrogens with zero attached hydrogens (tertiary/aromatic N) is 1. The zero-order valence-electron chi connectivity index (χ0n) is 9.37. The minimum atomic E-state index is -1.20. The van der Waals surface area contributed by atoms with Crippen LogP contribution in [0.15, 0.2) is 23.2 Å². The number of amidine groups is 1. The van der Waals surface area contributed by atoms with Crippen LogP contribution in [0.3, 0.4) is 0 Å². The van der Waals surface area contributed by atoms with Crippen molar-refractivity contribution >= 4 is 17.6 Å².